The second-order valence-corrected chi connectivity index (χ2v) is 6.23. The van der Waals surface area contributed by atoms with Gasteiger partial charge in [-0.05, 0) is 35.7 Å². The van der Waals surface area contributed by atoms with Gasteiger partial charge in [-0.3, -0.25) is 4.99 Å². The van der Waals surface area contributed by atoms with Crippen LogP contribution >= 0.6 is 24.0 Å². The molecule has 0 saturated heterocycles. The SMILES string of the molecule is CCOCc1ccccc1CNC(=NC)NCc1ccc(OCC(F)(F)F)cc1.I. The van der Waals surface area contributed by atoms with E-state index in [1.807, 2.05) is 31.2 Å². The summed E-state index contributed by atoms with van der Waals surface area (Å²) in [5.41, 5.74) is 3.13. The Bertz CT molecular complexity index is 784. The van der Waals surface area contributed by atoms with Crippen LogP contribution in [0.4, 0.5) is 13.2 Å². The molecule has 0 atom stereocenters. The molecule has 0 fully saturated rings. The fourth-order valence-electron chi connectivity index (χ4n) is 2.54. The zero-order chi connectivity index (χ0) is 21.1. The normalized spacial score (nSPS) is 11.6. The lowest BCUT2D eigenvalue weighted by atomic mass is 10.1. The number of benzene rings is 2. The van der Waals surface area contributed by atoms with Crippen molar-refractivity contribution >= 4 is 29.9 Å². The van der Waals surface area contributed by atoms with Crippen LogP contribution in [0, 0.1) is 0 Å². The number of nitrogens with zero attached hydrogens (tertiary/aromatic N) is 1. The number of hydrogen-bond donors (Lipinski definition) is 2. The Morgan fingerprint density at radius 2 is 1.60 bits per heavy atom. The maximum absolute atomic E-state index is 12.2. The monoisotopic (exact) mass is 537 g/mol. The molecule has 0 saturated carbocycles. The smallest absolute Gasteiger partial charge is 0.422 e. The summed E-state index contributed by atoms with van der Waals surface area (Å²) in [6.07, 6.45) is -4.35. The molecule has 0 amide bonds. The predicted octanol–water partition coefficient (Wildman–Crippen LogP) is 4.65. The van der Waals surface area contributed by atoms with Crippen molar-refractivity contribution in [2.75, 3.05) is 20.3 Å². The second-order valence-electron chi connectivity index (χ2n) is 6.23. The van der Waals surface area contributed by atoms with Gasteiger partial charge < -0.3 is 20.1 Å². The minimum absolute atomic E-state index is 0. The third-order valence-electron chi connectivity index (χ3n) is 4.04. The van der Waals surface area contributed by atoms with Gasteiger partial charge in [0, 0.05) is 26.7 Å². The van der Waals surface area contributed by atoms with Gasteiger partial charge in [0.2, 0.25) is 0 Å². The summed E-state index contributed by atoms with van der Waals surface area (Å²) in [6, 6.07) is 14.5. The quantitative estimate of drug-likeness (QED) is 0.278. The van der Waals surface area contributed by atoms with Gasteiger partial charge in [0.05, 0.1) is 6.61 Å². The molecule has 0 heterocycles. The van der Waals surface area contributed by atoms with Gasteiger partial charge in [-0.2, -0.15) is 13.2 Å². The van der Waals surface area contributed by atoms with Crippen LogP contribution in [0.15, 0.2) is 53.5 Å². The highest BCUT2D eigenvalue weighted by Gasteiger charge is 2.28. The van der Waals surface area contributed by atoms with E-state index in [1.54, 1.807) is 19.2 Å². The molecular formula is C21H27F3IN3O2. The number of hydrogen-bond acceptors (Lipinski definition) is 3. The Morgan fingerprint density at radius 3 is 2.20 bits per heavy atom. The molecule has 9 heteroatoms. The fourth-order valence-corrected chi connectivity index (χ4v) is 2.54. The molecule has 0 spiro atoms. The molecule has 0 aliphatic heterocycles. The number of ether oxygens (including phenoxy) is 2. The Balaban J connectivity index is 0.00000450. The van der Waals surface area contributed by atoms with Crippen LogP contribution in [0.25, 0.3) is 0 Å². The molecule has 0 bridgehead atoms. The number of aliphatic imine (C=N–C) groups is 1. The Kier molecular flexibility index (Phi) is 11.6. The van der Waals surface area contributed by atoms with Crippen molar-refractivity contribution in [3.63, 3.8) is 0 Å². The third-order valence-corrected chi connectivity index (χ3v) is 4.04. The molecule has 0 aliphatic rings. The number of alkyl halides is 3. The van der Waals surface area contributed by atoms with E-state index in [4.69, 9.17) is 9.47 Å². The first kappa shape index (κ1) is 26.0. The first-order valence-corrected chi connectivity index (χ1v) is 9.29. The van der Waals surface area contributed by atoms with Crippen LogP contribution < -0.4 is 15.4 Å². The molecule has 0 radical (unpaired) electrons. The maximum atomic E-state index is 12.2. The van der Waals surface area contributed by atoms with Crippen LogP contribution in [0.2, 0.25) is 0 Å². The molecule has 0 aromatic heterocycles. The van der Waals surface area contributed by atoms with Gasteiger partial charge in [0.1, 0.15) is 5.75 Å². The van der Waals surface area contributed by atoms with Gasteiger partial charge in [-0.1, -0.05) is 36.4 Å². The fraction of sp³-hybridized carbons (Fsp3) is 0.381. The zero-order valence-corrected chi connectivity index (χ0v) is 19.3. The maximum Gasteiger partial charge on any atom is 0.422 e. The summed E-state index contributed by atoms with van der Waals surface area (Å²) >= 11 is 0. The number of nitrogens with one attached hydrogen (secondary N) is 2. The molecule has 2 aromatic carbocycles. The van der Waals surface area contributed by atoms with E-state index in [1.165, 1.54) is 12.1 Å². The summed E-state index contributed by atoms with van der Waals surface area (Å²) in [5, 5.41) is 6.44. The van der Waals surface area contributed by atoms with Crippen LogP contribution in [0.1, 0.15) is 23.6 Å². The standard InChI is InChI=1S/C21H26F3N3O2.HI/c1-3-28-14-18-7-5-4-6-17(18)13-27-20(25-2)26-12-16-8-10-19(11-9-16)29-15-21(22,23)24;/h4-11H,3,12-15H2,1-2H3,(H2,25,26,27);1H. The highest BCUT2D eigenvalue weighted by Crippen LogP contribution is 2.18. The van der Waals surface area contributed by atoms with Crippen molar-refractivity contribution in [2.24, 2.45) is 4.99 Å². The molecule has 2 rings (SSSR count). The summed E-state index contributed by atoms with van der Waals surface area (Å²) in [5.74, 6) is 0.799. The average Bonchev–Trinajstić information content (AvgIpc) is 2.71. The predicted molar refractivity (Wildman–Crippen MR) is 122 cm³/mol. The van der Waals surface area contributed by atoms with E-state index < -0.39 is 12.8 Å². The Labute approximate surface area is 192 Å². The Morgan fingerprint density at radius 1 is 0.967 bits per heavy atom. The lowest BCUT2D eigenvalue weighted by Gasteiger charge is -2.15. The third kappa shape index (κ3) is 9.66. The highest BCUT2D eigenvalue weighted by atomic mass is 127. The molecular weight excluding hydrogens is 510 g/mol. The molecule has 166 valence electrons. The van der Waals surface area contributed by atoms with Crippen molar-refractivity contribution < 1.29 is 22.6 Å². The molecule has 2 aromatic rings. The molecule has 5 nitrogen and oxygen atoms in total. The highest BCUT2D eigenvalue weighted by molar-refractivity contribution is 14.0. The summed E-state index contributed by atoms with van der Waals surface area (Å²) in [6.45, 7) is 2.94. The largest absolute Gasteiger partial charge is 0.484 e. The van der Waals surface area contributed by atoms with E-state index >= 15 is 0 Å². The summed E-state index contributed by atoms with van der Waals surface area (Å²) in [4.78, 5) is 4.20. The van der Waals surface area contributed by atoms with Crippen LogP contribution in [0.3, 0.4) is 0 Å². The lowest BCUT2D eigenvalue weighted by Crippen LogP contribution is -2.36. The van der Waals surface area contributed by atoms with E-state index in [-0.39, 0.29) is 29.7 Å². The number of rotatable bonds is 9. The van der Waals surface area contributed by atoms with Gasteiger partial charge in [-0.15, -0.1) is 24.0 Å². The Hall–Kier alpha value is -2.01. The molecule has 30 heavy (non-hydrogen) atoms. The van der Waals surface area contributed by atoms with E-state index in [2.05, 4.69) is 15.6 Å². The van der Waals surface area contributed by atoms with E-state index in [0.29, 0.717) is 32.3 Å². The topological polar surface area (TPSA) is 54.9 Å². The van der Waals surface area contributed by atoms with Crippen molar-refractivity contribution in [1.82, 2.24) is 10.6 Å². The molecule has 2 N–H and O–H groups in total. The minimum Gasteiger partial charge on any atom is -0.484 e. The van der Waals surface area contributed by atoms with Crippen molar-refractivity contribution in [2.45, 2.75) is 32.8 Å². The van der Waals surface area contributed by atoms with Crippen LogP contribution in [-0.4, -0.2) is 32.4 Å². The van der Waals surface area contributed by atoms with E-state index in [0.717, 1.165) is 16.7 Å². The molecule has 0 aliphatic carbocycles. The van der Waals surface area contributed by atoms with Gasteiger partial charge in [-0.25, -0.2) is 0 Å². The second kappa shape index (κ2) is 13.3. The van der Waals surface area contributed by atoms with Crippen LogP contribution in [-0.2, 0) is 24.4 Å². The zero-order valence-electron chi connectivity index (χ0n) is 17.0. The first-order valence-electron chi connectivity index (χ1n) is 9.29. The van der Waals surface area contributed by atoms with Gasteiger partial charge in [0.15, 0.2) is 12.6 Å². The molecule has 0 unspecified atom stereocenters. The van der Waals surface area contributed by atoms with Crippen molar-refractivity contribution in [3.8, 4) is 5.75 Å². The number of halogens is 4. The lowest BCUT2D eigenvalue weighted by molar-refractivity contribution is -0.153. The number of guanidine groups is 1. The van der Waals surface area contributed by atoms with Crippen LogP contribution in [0.5, 0.6) is 5.75 Å². The average molecular weight is 537 g/mol. The summed E-state index contributed by atoms with van der Waals surface area (Å²) < 4.78 is 46.8. The minimum atomic E-state index is -4.35. The van der Waals surface area contributed by atoms with Crippen molar-refractivity contribution in [1.29, 1.82) is 0 Å². The van der Waals surface area contributed by atoms with Gasteiger partial charge >= 0.3 is 6.18 Å². The van der Waals surface area contributed by atoms with Crippen molar-refractivity contribution in [3.05, 3.63) is 65.2 Å². The van der Waals surface area contributed by atoms with E-state index in [9.17, 15) is 13.2 Å². The summed E-state index contributed by atoms with van der Waals surface area (Å²) in [7, 11) is 1.68. The first-order chi connectivity index (χ1) is 13.9. The van der Waals surface area contributed by atoms with Gasteiger partial charge in [0.25, 0.3) is 0 Å².